The summed E-state index contributed by atoms with van der Waals surface area (Å²) < 4.78 is 10.1. The fourth-order valence-corrected chi connectivity index (χ4v) is 1.93. The molecule has 0 aliphatic heterocycles. The summed E-state index contributed by atoms with van der Waals surface area (Å²) in [6.45, 7) is 11.5. The van der Waals surface area contributed by atoms with Gasteiger partial charge in [0, 0.05) is 0 Å². The first-order valence-electron chi connectivity index (χ1n) is 7.33. The van der Waals surface area contributed by atoms with E-state index in [1.807, 2.05) is 0 Å². The smallest absolute Gasteiger partial charge is 0.411 e. The van der Waals surface area contributed by atoms with E-state index in [1.165, 1.54) is 6.92 Å². The summed E-state index contributed by atoms with van der Waals surface area (Å²) in [5.41, 5.74) is -0.802. The summed E-state index contributed by atoms with van der Waals surface area (Å²) in [7, 11) is 0. The minimum atomic E-state index is -1.20. The lowest BCUT2D eigenvalue weighted by molar-refractivity contribution is -0.154. The number of carboxylic acid groups (broad SMARTS) is 1. The minimum Gasteiger partial charge on any atom is -0.480 e. The Morgan fingerprint density at radius 3 is 1.95 bits per heavy atom. The first-order chi connectivity index (χ1) is 9.92. The van der Waals surface area contributed by atoms with Crippen LogP contribution in [0.4, 0.5) is 4.79 Å². The van der Waals surface area contributed by atoms with Gasteiger partial charge in [0.15, 0.2) is 0 Å². The van der Waals surface area contributed by atoms with Crippen molar-refractivity contribution in [1.29, 1.82) is 0 Å². The molecule has 0 aromatic carbocycles. The Bertz CT molecular complexity index is 413. The van der Waals surface area contributed by atoms with Gasteiger partial charge < -0.3 is 14.6 Å². The van der Waals surface area contributed by atoms with Crippen molar-refractivity contribution in [3.8, 4) is 0 Å². The molecule has 0 aromatic rings. The molecule has 7 heteroatoms. The van der Waals surface area contributed by atoms with Gasteiger partial charge in [0.25, 0.3) is 0 Å². The number of hydrogen-bond acceptors (Lipinski definition) is 5. The zero-order valence-corrected chi connectivity index (χ0v) is 14.4. The molecule has 128 valence electrons. The zero-order chi connectivity index (χ0) is 17.7. The van der Waals surface area contributed by atoms with E-state index in [2.05, 4.69) is 0 Å². The average molecular weight is 317 g/mol. The number of nitrogens with zero attached hydrogens (tertiary/aromatic N) is 1. The van der Waals surface area contributed by atoms with Crippen LogP contribution >= 0.6 is 0 Å². The van der Waals surface area contributed by atoms with Crippen molar-refractivity contribution in [1.82, 2.24) is 4.90 Å². The third-order valence-corrected chi connectivity index (χ3v) is 2.83. The lowest BCUT2D eigenvalue weighted by Crippen LogP contribution is -2.56. The van der Waals surface area contributed by atoms with Gasteiger partial charge in [-0.15, -0.1) is 0 Å². The van der Waals surface area contributed by atoms with E-state index in [1.54, 1.807) is 41.5 Å². The Balaban J connectivity index is 5.60. The third kappa shape index (κ3) is 5.91. The molecule has 0 aliphatic rings. The van der Waals surface area contributed by atoms with Crippen molar-refractivity contribution >= 4 is 18.0 Å². The van der Waals surface area contributed by atoms with Gasteiger partial charge in [-0.3, -0.25) is 4.90 Å². The first kappa shape index (κ1) is 20.2. The molecule has 1 N–H and O–H groups in total. The standard InChI is InChI=1S/C15H27NO6/c1-8-21-13(19)10(4)16(11(9(2)3)12(17)18)14(20)22-15(5,6)7/h9-11H,8H2,1-7H3,(H,17,18)/t10-,11-/m0/s1. The third-order valence-electron chi connectivity index (χ3n) is 2.83. The molecule has 0 bridgehead atoms. The summed E-state index contributed by atoms with van der Waals surface area (Å²) in [5, 5.41) is 9.42. The van der Waals surface area contributed by atoms with Crippen LogP contribution < -0.4 is 0 Å². The molecule has 0 saturated carbocycles. The van der Waals surface area contributed by atoms with Crippen LogP contribution in [0.15, 0.2) is 0 Å². The minimum absolute atomic E-state index is 0.144. The SMILES string of the molecule is CCOC(=O)[C@H](C)N(C(=O)OC(C)(C)C)[C@H](C(=O)O)C(C)C. The molecule has 0 spiro atoms. The molecule has 1 amide bonds. The number of rotatable bonds is 6. The van der Waals surface area contributed by atoms with Crippen molar-refractivity contribution in [3.63, 3.8) is 0 Å². The number of carboxylic acids is 1. The van der Waals surface area contributed by atoms with Gasteiger partial charge in [0.1, 0.15) is 17.7 Å². The number of hydrogen-bond donors (Lipinski definition) is 1. The Kier molecular flexibility index (Phi) is 7.35. The van der Waals surface area contributed by atoms with Crippen molar-refractivity contribution < 1.29 is 29.0 Å². The first-order valence-corrected chi connectivity index (χ1v) is 7.33. The monoisotopic (exact) mass is 317 g/mol. The average Bonchev–Trinajstić information content (AvgIpc) is 2.31. The van der Waals surface area contributed by atoms with E-state index in [9.17, 15) is 19.5 Å². The quantitative estimate of drug-likeness (QED) is 0.755. The maximum absolute atomic E-state index is 12.4. The summed E-state index contributed by atoms with van der Waals surface area (Å²) >= 11 is 0. The molecule has 0 aromatic heterocycles. The fraction of sp³-hybridized carbons (Fsp3) is 0.800. The van der Waals surface area contributed by atoms with Gasteiger partial charge in [-0.1, -0.05) is 13.8 Å². The highest BCUT2D eigenvalue weighted by Gasteiger charge is 2.41. The molecule has 0 aliphatic carbocycles. The molecule has 2 atom stereocenters. The van der Waals surface area contributed by atoms with Crippen LogP contribution in [0.25, 0.3) is 0 Å². The number of esters is 1. The molecule has 0 radical (unpaired) electrons. The van der Waals surface area contributed by atoms with E-state index in [0.717, 1.165) is 4.90 Å². The van der Waals surface area contributed by atoms with Gasteiger partial charge in [0.05, 0.1) is 6.61 Å². The van der Waals surface area contributed by atoms with Gasteiger partial charge in [-0.05, 0) is 40.5 Å². The van der Waals surface area contributed by atoms with E-state index in [4.69, 9.17) is 9.47 Å². The highest BCUT2D eigenvalue weighted by Crippen LogP contribution is 2.20. The second kappa shape index (κ2) is 8.00. The Hall–Kier alpha value is -1.79. The van der Waals surface area contributed by atoms with Crippen LogP contribution in [0.3, 0.4) is 0 Å². The number of ether oxygens (including phenoxy) is 2. The summed E-state index contributed by atoms with van der Waals surface area (Å²) in [6, 6.07) is -2.24. The fourth-order valence-electron chi connectivity index (χ4n) is 1.93. The van der Waals surface area contributed by atoms with Gasteiger partial charge in [-0.25, -0.2) is 14.4 Å². The molecule has 7 nitrogen and oxygen atoms in total. The molecular weight excluding hydrogens is 290 g/mol. The molecule has 22 heavy (non-hydrogen) atoms. The normalized spacial score (nSPS) is 14.2. The van der Waals surface area contributed by atoms with E-state index < -0.39 is 41.6 Å². The van der Waals surface area contributed by atoms with Crippen LogP contribution in [0.1, 0.15) is 48.5 Å². The van der Waals surface area contributed by atoms with Crippen LogP contribution in [0.5, 0.6) is 0 Å². The predicted octanol–water partition coefficient (Wildman–Crippen LogP) is 2.28. The van der Waals surface area contributed by atoms with Gasteiger partial charge >= 0.3 is 18.0 Å². The predicted molar refractivity (Wildman–Crippen MR) is 80.4 cm³/mol. The molecule has 0 saturated heterocycles. The van der Waals surface area contributed by atoms with Crippen LogP contribution in [0, 0.1) is 5.92 Å². The van der Waals surface area contributed by atoms with Crippen LogP contribution in [-0.2, 0) is 19.1 Å². The lowest BCUT2D eigenvalue weighted by atomic mass is 10.0. The second-order valence-corrected chi connectivity index (χ2v) is 6.34. The topological polar surface area (TPSA) is 93.1 Å². The van der Waals surface area contributed by atoms with Crippen molar-refractivity contribution in [2.45, 2.75) is 66.2 Å². The highest BCUT2D eigenvalue weighted by atomic mass is 16.6. The van der Waals surface area contributed by atoms with E-state index >= 15 is 0 Å². The van der Waals surface area contributed by atoms with E-state index in [0.29, 0.717) is 0 Å². The van der Waals surface area contributed by atoms with Gasteiger partial charge in [-0.2, -0.15) is 0 Å². The van der Waals surface area contributed by atoms with Crippen molar-refractivity contribution in [3.05, 3.63) is 0 Å². The maximum atomic E-state index is 12.4. The van der Waals surface area contributed by atoms with Crippen molar-refractivity contribution in [2.24, 2.45) is 5.92 Å². The molecule has 0 unspecified atom stereocenters. The van der Waals surface area contributed by atoms with Crippen LogP contribution in [0.2, 0.25) is 0 Å². The molecule has 0 rings (SSSR count). The van der Waals surface area contributed by atoms with Crippen molar-refractivity contribution in [2.75, 3.05) is 6.61 Å². The molecule has 0 fully saturated rings. The van der Waals surface area contributed by atoms with Gasteiger partial charge in [0.2, 0.25) is 0 Å². The summed E-state index contributed by atoms with van der Waals surface area (Å²) in [6.07, 6.45) is -0.853. The second-order valence-electron chi connectivity index (χ2n) is 6.34. The Morgan fingerprint density at radius 1 is 1.14 bits per heavy atom. The largest absolute Gasteiger partial charge is 0.480 e. The highest BCUT2D eigenvalue weighted by molar-refractivity contribution is 5.86. The number of carbonyl (C=O) groups excluding carboxylic acids is 2. The maximum Gasteiger partial charge on any atom is 0.411 e. The number of amides is 1. The Labute approximate surface area is 131 Å². The molecular formula is C15H27NO6. The summed E-state index contributed by atoms with van der Waals surface area (Å²) in [5.74, 6) is -2.26. The number of aliphatic carboxylic acids is 1. The van der Waals surface area contributed by atoms with E-state index in [-0.39, 0.29) is 6.61 Å². The van der Waals surface area contributed by atoms with Crippen LogP contribution in [-0.4, -0.2) is 52.3 Å². The molecule has 0 heterocycles. The number of carbonyl (C=O) groups is 3. The zero-order valence-electron chi connectivity index (χ0n) is 14.4. The summed E-state index contributed by atoms with van der Waals surface area (Å²) in [4.78, 5) is 36.8. The lowest BCUT2D eigenvalue weighted by Gasteiger charge is -2.36. The Morgan fingerprint density at radius 2 is 1.64 bits per heavy atom.